The number of hydrogen-bond acceptors (Lipinski definition) is 4. The van der Waals surface area contributed by atoms with Crippen LogP contribution in [0.5, 0.6) is 0 Å². The predicted octanol–water partition coefficient (Wildman–Crippen LogP) is 3.79. The van der Waals surface area contributed by atoms with Crippen molar-refractivity contribution in [1.82, 2.24) is 0 Å². The van der Waals surface area contributed by atoms with Crippen LogP contribution in [-0.4, -0.2) is 20.9 Å². The van der Waals surface area contributed by atoms with E-state index >= 15 is 0 Å². The molecule has 0 bridgehead atoms. The van der Waals surface area contributed by atoms with Crippen molar-refractivity contribution in [3.8, 4) is 12.3 Å². The second-order valence-corrected chi connectivity index (χ2v) is 10.6. The smallest absolute Gasteiger partial charge is 0.200 e. The van der Waals surface area contributed by atoms with Crippen molar-refractivity contribution in [2.24, 2.45) is 0 Å². The topological polar surface area (TPSA) is 68.3 Å². The minimum Gasteiger partial charge on any atom is -0.222 e. The van der Waals surface area contributed by atoms with Gasteiger partial charge in [-0.3, -0.25) is 0 Å². The maximum atomic E-state index is 13.5. The van der Waals surface area contributed by atoms with E-state index < -0.39 is 30.2 Å². The molecule has 2 rings (SSSR count). The fourth-order valence-corrected chi connectivity index (χ4v) is 7.55. The molecule has 0 unspecified atom stereocenters. The molecule has 4 nitrogen and oxygen atoms in total. The number of rotatable bonds is 8. The van der Waals surface area contributed by atoms with Gasteiger partial charge in [-0.2, -0.15) is 0 Å². The monoisotopic (exact) mass is 400 g/mol. The van der Waals surface area contributed by atoms with Gasteiger partial charge < -0.3 is 0 Å². The highest BCUT2D eigenvalue weighted by Crippen LogP contribution is 2.41. The zero-order valence-electron chi connectivity index (χ0n) is 14.7. The predicted molar refractivity (Wildman–Crippen MR) is 107 cm³/mol. The fourth-order valence-electron chi connectivity index (χ4n) is 2.75. The second kappa shape index (κ2) is 8.38. The third-order valence-electron chi connectivity index (χ3n) is 4.16. The van der Waals surface area contributed by atoms with Gasteiger partial charge in [0, 0.05) is 12.8 Å². The van der Waals surface area contributed by atoms with Crippen molar-refractivity contribution < 1.29 is 16.8 Å². The van der Waals surface area contributed by atoms with Crippen molar-refractivity contribution in [1.29, 1.82) is 0 Å². The number of benzene rings is 2. The van der Waals surface area contributed by atoms with Gasteiger partial charge in [0.05, 0.1) is 9.79 Å². The highest BCUT2D eigenvalue weighted by Gasteiger charge is 2.54. The third-order valence-corrected chi connectivity index (χ3v) is 9.84. The van der Waals surface area contributed by atoms with Crippen LogP contribution in [0.15, 0.2) is 95.3 Å². The molecule has 0 N–H and O–H groups in total. The summed E-state index contributed by atoms with van der Waals surface area (Å²) in [5, 5.41) is 0. The summed E-state index contributed by atoms with van der Waals surface area (Å²) in [6, 6.07) is 15.0. The van der Waals surface area contributed by atoms with Gasteiger partial charge in [0.25, 0.3) is 0 Å². The van der Waals surface area contributed by atoms with Gasteiger partial charge in [-0.05, 0) is 24.3 Å². The first-order valence-corrected chi connectivity index (χ1v) is 11.1. The summed E-state index contributed by atoms with van der Waals surface area (Å²) < 4.78 is 51.9. The van der Waals surface area contributed by atoms with Gasteiger partial charge >= 0.3 is 0 Å². The van der Waals surface area contributed by atoms with E-state index in [9.17, 15) is 16.8 Å². The summed E-state index contributed by atoms with van der Waals surface area (Å²) in [5.74, 6) is 2.27. The molecular formula is C21H20O4S2. The number of terminal acetylenes is 1. The summed E-state index contributed by atoms with van der Waals surface area (Å²) >= 11 is 0. The number of sulfone groups is 2. The summed E-state index contributed by atoms with van der Waals surface area (Å²) in [6.07, 6.45) is 9.09. The van der Waals surface area contributed by atoms with Crippen LogP contribution < -0.4 is 0 Å². The second-order valence-electron chi connectivity index (χ2n) is 5.79. The lowest BCUT2D eigenvalue weighted by Gasteiger charge is -2.30. The van der Waals surface area contributed by atoms with Crippen LogP contribution in [0, 0.1) is 12.3 Å². The molecule has 140 valence electrons. The molecular weight excluding hydrogens is 380 g/mol. The molecule has 0 radical (unpaired) electrons. The molecule has 0 amide bonds. The third kappa shape index (κ3) is 3.75. The lowest BCUT2D eigenvalue weighted by atomic mass is 10.2. The molecule has 6 heteroatoms. The number of allylic oxidation sites excluding steroid dienone is 3. The molecule has 2 aromatic rings. The van der Waals surface area contributed by atoms with E-state index in [0.717, 1.165) is 0 Å². The molecule has 0 saturated carbocycles. The summed E-state index contributed by atoms with van der Waals surface area (Å²) in [4.78, 5) is -0.182. The minimum absolute atomic E-state index is 0.0910. The Kier molecular flexibility index (Phi) is 6.42. The Labute approximate surface area is 161 Å². The maximum Gasteiger partial charge on any atom is 0.200 e. The lowest BCUT2D eigenvalue weighted by Crippen LogP contribution is -2.46. The van der Waals surface area contributed by atoms with Gasteiger partial charge in [-0.15, -0.1) is 12.3 Å². The average Bonchev–Trinajstić information content (AvgIpc) is 2.68. The number of hydrogen-bond donors (Lipinski definition) is 0. The molecule has 0 spiro atoms. The van der Waals surface area contributed by atoms with E-state index in [1.54, 1.807) is 36.4 Å². The zero-order chi connectivity index (χ0) is 20.0. The summed E-state index contributed by atoms with van der Waals surface area (Å²) in [6.45, 7) is 3.54. The minimum atomic E-state index is -4.33. The highest BCUT2D eigenvalue weighted by molar-refractivity contribution is 8.10. The van der Waals surface area contributed by atoms with E-state index in [1.807, 2.05) is 0 Å². The summed E-state index contributed by atoms with van der Waals surface area (Å²) in [5.41, 5.74) is 0. The van der Waals surface area contributed by atoms with E-state index in [2.05, 4.69) is 12.5 Å². The SMILES string of the molecule is C#CCC(C/C=C/C=C)(S(=O)(=O)c1ccccc1)S(=O)(=O)c1ccccc1. The molecule has 0 aliphatic carbocycles. The van der Waals surface area contributed by atoms with Crippen LogP contribution in [0.1, 0.15) is 12.8 Å². The van der Waals surface area contributed by atoms with Crippen molar-refractivity contribution >= 4 is 19.7 Å². The first-order chi connectivity index (χ1) is 12.8. The molecule has 2 aromatic carbocycles. The van der Waals surface area contributed by atoms with E-state index in [-0.39, 0.29) is 16.2 Å². The largest absolute Gasteiger partial charge is 0.222 e. The van der Waals surface area contributed by atoms with Crippen molar-refractivity contribution in [3.63, 3.8) is 0 Å². The molecule has 0 heterocycles. The molecule has 0 aliphatic rings. The van der Waals surface area contributed by atoms with Gasteiger partial charge in [0.15, 0.2) is 23.8 Å². The Morgan fingerprint density at radius 3 is 1.70 bits per heavy atom. The Bertz CT molecular complexity index is 991. The van der Waals surface area contributed by atoms with Gasteiger partial charge in [0.1, 0.15) is 0 Å². The highest BCUT2D eigenvalue weighted by atomic mass is 32.3. The molecule has 0 saturated heterocycles. The van der Waals surface area contributed by atoms with Gasteiger partial charge in [-0.1, -0.05) is 61.2 Å². The first kappa shape index (κ1) is 20.7. The lowest BCUT2D eigenvalue weighted by molar-refractivity contribution is 0.539. The Morgan fingerprint density at radius 1 is 0.889 bits per heavy atom. The standard InChI is InChI=1S/C21H20O4S2/c1-3-5-12-18-21(17-4-2,26(22,23)19-13-8-6-9-14-19)27(24,25)20-15-10-7-11-16-20/h2-3,5-16H,1,17-18H2/b12-5+. The molecule has 0 fully saturated rings. The Hall–Kier alpha value is -2.62. The zero-order valence-corrected chi connectivity index (χ0v) is 16.3. The fraction of sp³-hybridized carbons (Fsp3) is 0.143. The molecule has 0 aromatic heterocycles. The van der Waals surface area contributed by atoms with Crippen LogP contribution in [0.2, 0.25) is 0 Å². The van der Waals surface area contributed by atoms with Gasteiger partial charge in [-0.25, -0.2) is 16.8 Å². The molecule has 0 atom stereocenters. The Balaban J connectivity index is 2.85. The van der Waals surface area contributed by atoms with Gasteiger partial charge in [0.2, 0.25) is 0 Å². The quantitative estimate of drug-likeness (QED) is 0.499. The van der Waals surface area contributed by atoms with E-state index in [0.29, 0.717) is 0 Å². The van der Waals surface area contributed by atoms with Crippen molar-refractivity contribution in [2.45, 2.75) is 26.7 Å². The van der Waals surface area contributed by atoms with Crippen LogP contribution in [-0.2, 0) is 19.7 Å². The first-order valence-electron chi connectivity index (χ1n) is 8.14. The maximum absolute atomic E-state index is 13.5. The normalized spacial score (nSPS) is 12.6. The van der Waals surface area contributed by atoms with Crippen molar-refractivity contribution in [2.75, 3.05) is 0 Å². The van der Waals surface area contributed by atoms with Crippen molar-refractivity contribution in [3.05, 3.63) is 85.5 Å². The van der Waals surface area contributed by atoms with Crippen LogP contribution in [0.4, 0.5) is 0 Å². The van der Waals surface area contributed by atoms with Crippen LogP contribution in [0.3, 0.4) is 0 Å². The average molecular weight is 401 g/mol. The Morgan fingerprint density at radius 2 is 1.33 bits per heavy atom. The van der Waals surface area contributed by atoms with Crippen LogP contribution in [0.25, 0.3) is 0 Å². The van der Waals surface area contributed by atoms with E-state index in [1.165, 1.54) is 42.5 Å². The molecule has 27 heavy (non-hydrogen) atoms. The summed E-state index contributed by atoms with van der Waals surface area (Å²) in [7, 11) is -8.65. The van der Waals surface area contributed by atoms with Crippen LogP contribution >= 0.6 is 0 Å². The molecule has 0 aliphatic heterocycles. The van der Waals surface area contributed by atoms with E-state index in [4.69, 9.17) is 6.42 Å².